The summed E-state index contributed by atoms with van der Waals surface area (Å²) >= 11 is 0. The number of aliphatic hydroxyl groups excluding tert-OH is 1. The zero-order valence-corrected chi connectivity index (χ0v) is 11.6. The lowest BCUT2D eigenvalue weighted by Crippen LogP contribution is -2.00. The van der Waals surface area contributed by atoms with E-state index in [2.05, 4.69) is 4.98 Å². The molecule has 1 aromatic heterocycles. The first-order chi connectivity index (χ1) is 9.12. The lowest BCUT2D eigenvalue weighted by molar-refractivity contribution is 0.273. The Bertz CT molecular complexity index is 591. The van der Waals surface area contributed by atoms with Crippen LogP contribution < -0.4 is 9.47 Å². The summed E-state index contributed by atoms with van der Waals surface area (Å²) in [6.07, 6.45) is 1.65. The maximum atomic E-state index is 9.23. The average molecular weight is 262 g/mol. The molecule has 0 amide bonds. The molecule has 0 aliphatic heterocycles. The van der Waals surface area contributed by atoms with Crippen molar-refractivity contribution in [2.45, 2.75) is 13.5 Å². The van der Waals surface area contributed by atoms with Crippen LogP contribution in [0.2, 0.25) is 0 Å². The molecule has 0 aliphatic carbocycles. The minimum Gasteiger partial charge on any atom is -0.496 e. The maximum Gasteiger partial charge on any atom is 0.143 e. The van der Waals surface area contributed by atoms with Crippen molar-refractivity contribution in [2.75, 3.05) is 14.2 Å². The molecule has 0 atom stereocenters. The fourth-order valence-electron chi connectivity index (χ4n) is 2.07. The van der Waals surface area contributed by atoms with Gasteiger partial charge in [0, 0.05) is 7.05 Å². The molecule has 0 saturated carbocycles. The van der Waals surface area contributed by atoms with Crippen LogP contribution in [0, 0.1) is 6.92 Å². The maximum absolute atomic E-state index is 9.23. The Hall–Kier alpha value is -2.01. The molecule has 19 heavy (non-hydrogen) atoms. The first-order valence-corrected chi connectivity index (χ1v) is 5.96. The van der Waals surface area contributed by atoms with Gasteiger partial charge in [0.05, 0.1) is 38.3 Å². The predicted molar refractivity (Wildman–Crippen MR) is 72.4 cm³/mol. The normalized spacial score (nSPS) is 10.6. The Labute approximate surface area is 112 Å². The zero-order chi connectivity index (χ0) is 14.0. The SMILES string of the molecule is COc1cc(-c2ncc(CO)n2C)c(OC)cc1C. The largest absolute Gasteiger partial charge is 0.496 e. The molecule has 0 fully saturated rings. The fourth-order valence-corrected chi connectivity index (χ4v) is 2.07. The summed E-state index contributed by atoms with van der Waals surface area (Å²) in [5.41, 5.74) is 2.59. The van der Waals surface area contributed by atoms with Crippen LogP contribution in [0.15, 0.2) is 18.3 Å². The van der Waals surface area contributed by atoms with Crippen molar-refractivity contribution in [3.05, 3.63) is 29.6 Å². The van der Waals surface area contributed by atoms with E-state index in [4.69, 9.17) is 9.47 Å². The summed E-state index contributed by atoms with van der Waals surface area (Å²) < 4.78 is 12.6. The van der Waals surface area contributed by atoms with Gasteiger partial charge in [-0.3, -0.25) is 0 Å². The van der Waals surface area contributed by atoms with E-state index in [0.29, 0.717) is 0 Å². The second kappa shape index (κ2) is 5.32. The number of imidazole rings is 1. The fraction of sp³-hybridized carbons (Fsp3) is 0.357. The molecule has 102 valence electrons. The van der Waals surface area contributed by atoms with Gasteiger partial charge < -0.3 is 19.1 Å². The highest BCUT2D eigenvalue weighted by atomic mass is 16.5. The topological polar surface area (TPSA) is 56.5 Å². The van der Waals surface area contributed by atoms with Crippen molar-refractivity contribution in [1.29, 1.82) is 0 Å². The third kappa shape index (κ3) is 2.29. The summed E-state index contributed by atoms with van der Waals surface area (Å²) in [6.45, 7) is 1.91. The molecule has 0 unspecified atom stereocenters. The van der Waals surface area contributed by atoms with Crippen LogP contribution in [0.1, 0.15) is 11.3 Å². The second-order valence-corrected chi connectivity index (χ2v) is 4.31. The van der Waals surface area contributed by atoms with Gasteiger partial charge in [-0.2, -0.15) is 0 Å². The summed E-state index contributed by atoms with van der Waals surface area (Å²) in [5.74, 6) is 2.25. The van der Waals surface area contributed by atoms with Crippen molar-refractivity contribution in [1.82, 2.24) is 9.55 Å². The molecule has 2 rings (SSSR count). The van der Waals surface area contributed by atoms with Crippen LogP contribution >= 0.6 is 0 Å². The van der Waals surface area contributed by atoms with E-state index in [1.807, 2.05) is 30.7 Å². The number of benzene rings is 1. The lowest BCUT2D eigenvalue weighted by atomic mass is 10.1. The van der Waals surface area contributed by atoms with Crippen LogP contribution in [0.25, 0.3) is 11.4 Å². The number of rotatable bonds is 4. The van der Waals surface area contributed by atoms with Gasteiger partial charge in [0.25, 0.3) is 0 Å². The van der Waals surface area contributed by atoms with E-state index in [9.17, 15) is 5.11 Å². The first kappa shape index (κ1) is 13.4. The van der Waals surface area contributed by atoms with Gasteiger partial charge in [-0.1, -0.05) is 0 Å². The Balaban J connectivity index is 2.62. The molecule has 1 aromatic carbocycles. The van der Waals surface area contributed by atoms with Crippen LogP contribution in [-0.2, 0) is 13.7 Å². The Kier molecular flexibility index (Phi) is 3.76. The number of hydrogen-bond donors (Lipinski definition) is 1. The molecule has 0 spiro atoms. The van der Waals surface area contributed by atoms with Crippen molar-refractivity contribution in [2.24, 2.45) is 7.05 Å². The zero-order valence-electron chi connectivity index (χ0n) is 11.6. The molecule has 0 radical (unpaired) electrons. The number of aromatic nitrogens is 2. The number of nitrogens with zero attached hydrogens (tertiary/aromatic N) is 2. The predicted octanol–water partition coefficient (Wildman–Crippen LogP) is 1.91. The Morgan fingerprint density at radius 1 is 1.21 bits per heavy atom. The van der Waals surface area contributed by atoms with Gasteiger partial charge in [0.1, 0.15) is 17.3 Å². The summed E-state index contributed by atoms with van der Waals surface area (Å²) in [4.78, 5) is 4.34. The smallest absolute Gasteiger partial charge is 0.143 e. The number of aryl methyl sites for hydroxylation is 1. The third-order valence-corrected chi connectivity index (χ3v) is 3.20. The van der Waals surface area contributed by atoms with Crippen LogP contribution in [0.4, 0.5) is 0 Å². The molecule has 5 nitrogen and oxygen atoms in total. The standard InChI is InChI=1S/C14H18N2O3/c1-9-5-13(19-4)11(6-12(9)18-3)14-15-7-10(8-17)16(14)2/h5-7,17H,8H2,1-4H3. The van der Waals surface area contributed by atoms with Gasteiger partial charge in [0.15, 0.2) is 0 Å². The van der Waals surface area contributed by atoms with E-state index in [-0.39, 0.29) is 6.61 Å². The lowest BCUT2D eigenvalue weighted by Gasteiger charge is -2.13. The number of methoxy groups -OCH3 is 2. The molecule has 1 heterocycles. The molecule has 0 saturated heterocycles. The monoisotopic (exact) mass is 262 g/mol. The van der Waals surface area contributed by atoms with E-state index in [1.165, 1.54) is 0 Å². The highest BCUT2D eigenvalue weighted by Crippen LogP contribution is 2.35. The Morgan fingerprint density at radius 2 is 1.89 bits per heavy atom. The number of aliphatic hydroxyl groups is 1. The average Bonchev–Trinajstić information content (AvgIpc) is 2.79. The summed E-state index contributed by atoms with van der Waals surface area (Å²) in [7, 11) is 5.12. The molecular weight excluding hydrogens is 244 g/mol. The van der Waals surface area contributed by atoms with Crippen molar-refractivity contribution in [3.63, 3.8) is 0 Å². The van der Waals surface area contributed by atoms with E-state index in [0.717, 1.165) is 34.1 Å². The highest BCUT2D eigenvalue weighted by molar-refractivity contribution is 5.68. The van der Waals surface area contributed by atoms with Crippen molar-refractivity contribution >= 4 is 0 Å². The second-order valence-electron chi connectivity index (χ2n) is 4.31. The van der Waals surface area contributed by atoms with Gasteiger partial charge in [-0.15, -0.1) is 0 Å². The van der Waals surface area contributed by atoms with Gasteiger partial charge in [-0.05, 0) is 24.6 Å². The molecular formula is C14H18N2O3. The highest BCUT2D eigenvalue weighted by Gasteiger charge is 2.15. The molecule has 0 bridgehead atoms. The molecule has 1 N–H and O–H groups in total. The number of hydrogen-bond acceptors (Lipinski definition) is 4. The van der Waals surface area contributed by atoms with Gasteiger partial charge in [-0.25, -0.2) is 4.98 Å². The minimum absolute atomic E-state index is 0.0468. The molecule has 2 aromatic rings. The Morgan fingerprint density at radius 3 is 2.42 bits per heavy atom. The molecule has 5 heteroatoms. The van der Waals surface area contributed by atoms with E-state index >= 15 is 0 Å². The van der Waals surface area contributed by atoms with Crippen LogP contribution in [-0.4, -0.2) is 28.9 Å². The van der Waals surface area contributed by atoms with E-state index in [1.54, 1.807) is 20.4 Å². The minimum atomic E-state index is -0.0468. The van der Waals surface area contributed by atoms with E-state index < -0.39 is 0 Å². The first-order valence-electron chi connectivity index (χ1n) is 5.96. The van der Waals surface area contributed by atoms with Gasteiger partial charge >= 0.3 is 0 Å². The third-order valence-electron chi connectivity index (χ3n) is 3.20. The van der Waals surface area contributed by atoms with Gasteiger partial charge in [0.2, 0.25) is 0 Å². The molecule has 0 aliphatic rings. The van der Waals surface area contributed by atoms with Crippen LogP contribution in [0.5, 0.6) is 11.5 Å². The van der Waals surface area contributed by atoms with Crippen molar-refractivity contribution < 1.29 is 14.6 Å². The number of ether oxygens (including phenoxy) is 2. The summed E-state index contributed by atoms with van der Waals surface area (Å²) in [6, 6.07) is 3.82. The quantitative estimate of drug-likeness (QED) is 0.914. The van der Waals surface area contributed by atoms with Crippen LogP contribution in [0.3, 0.4) is 0 Å². The summed E-state index contributed by atoms with van der Waals surface area (Å²) in [5, 5.41) is 9.23. The van der Waals surface area contributed by atoms with Crippen molar-refractivity contribution in [3.8, 4) is 22.9 Å².